The lowest BCUT2D eigenvalue weighted by Gasteiger charge is -2.36. The number of urea groups is 1. The SMILES string of the molecule is COc1cc(OC)c(N)c(N2Cc3cnc(N)c(/C=C/c4ccccc4)c3N(C)C2=O)c1. The molecule has 0 unspecified atom stereocenters. The van der Waals surface area contributed by atoms with Crippen LogP contribution in [0.2, 0.25) is 0 Å². The van der Waals surface area contributed by atoms with Crippen LogP contribution in [0.15, 0.2) is 48.7 Å². The van der Waals surface area contributed by atoms with Gasteiger partial charge >= 0.3 is 6.03 Å². The number of pyridine rings is 1. The van der Waals surface area contributed by atoms with Gasteiger partial charge in [0.15, 0.2) is 0 Å². The summed E-state index contributed by atoms with van der Waals surface area (Å²) in [5, 5.41) is 0. The molecule has 0 saturated heterocycles. The largest absolute Gasteiger partial charge is 0.497 e. The number of hydrogen-bond donors (Lipinski definition) is 2. The molecule has 0 atom stereocenters. The van der Waals surface area contributed by atoms with Gasteiger partial charge in [-0.15, -0.1) is 0 Å². The highest BCUT2D eigenvalue weighted by molar-refractivity contribution is 6.09. The lowest BCUT2D eigenvalue weighted by Crippen LogP contribution is -2.46. The molecular formula is C24H25N5O3. The van der Waals surface area contributed by atoms with Crippen LogP contribution < -0.4 is 30.7 Å². The Morgan fingerprint density at radius 3 is 2.50 bits per heavy atom. The summed E-state index contributed by atoms with van der Waals surface area (Å²) in [6.07, 6.45) is 5.52. The fourth-order valence-corrected chi connectivity index (χ4v) is 3.79. The molecule has 8 nitrogen and oxygen atoms in total. The maximum atomic E-state index is 13.4. The lowest BCUT2D eigenvalue weighted by molar-refractivity contribution is 0.251. The summed E-state index contributed by atoms with van der Waals surface area (Å²) in [5.74, 6) is 1.32. The van der Waals surface area contributed by atoms with Crippen molar-refractivity contribution in [3.63, 3.8) is 0 Å². The number of ether oxygens (including phenoxy) is 2. The van der Waals surface area contributed by atoms with E-state index in [4.69, 9.17) is 20.9 Å². The Morgan fingerprint density at radius 1 is 1.06 bits per heavy atom. The molecule has 0 bridgehead atoms. The van der Waals surface area contributed by atoms with Gasteiger partial charge in [0, 0.05) is 36.5 Å². The molecule has 1 aromatic heterocycles. The number of anilines is 4. The van der Waals surface area contributed by atoms with E-state index in [9.17, 15) is 4.79 Å². The van der Waals surface area contributed by atoms with E-state index in [1.54, 1.807) is 42.3 Å². The summed E-state index contributed by atoms with van der Waals surface area (Å²) >= 11 is 0. The maximum Gasteiger partial charge on any atom is 0.329 e. The van der Waals surface area contributed by atoms with E-state index in [0.29, 0.717) is 34.3 Å². The van der Waals surface area contributed by atoms with Gasteiger partial charge in [-0.3, -0.25) is 9.80 Å². The van der Waals surface area contributed by atoms with Gasteiger partial charge in [-0.25, -0.2) is 9.78 Å². The second-order valence-corrected chi connectivity index (χ2v) is 7.37. The Hall–Kier alpha value is -4.20. The number of carbonyl (C=O) groups excluding carboxylic acids is 1. The van der Waals surface area contributed by atoms with E-state index in [0.717, 1.165) is 16.8 Å². The maximum absolute atomic E-state index is 13.4. The van der Waals surface area contributed by atoms with Gasteiger partial charge in [-0.1, -0.05) is 36.4 Å². The number of nitrogen functional groups attached to an aromatic ring is 2. The van der Waals surface area contributed by atoms with E-state index in [1.807, 2.05) is 42.5 Å². The van der Waals surface area contributed by atoms with E-state index in [1.165, 1.54) is 7.11 Å². The van der Waals surface area contributed by atoms with Crippen molar-refractivity contribution >= 4 is 41.1 Å². The Labute approximate surface area is 186 Å². The van der Waals surface area contributed by atoms with Gasteiger partial charge in [-0.2, -0.15) is 0 Å². The van der Waals surface area contributed by atoms with Crippen molar-refractivity contribution in [1.82, 2.24) is 4.98 Å². The van der Waals surface area contributed by atoms with Crippen molar-refractivity contribution < 1.29 is 14.3 Å². The Morgan fingerprint density at radius 2 is 1.81 bits per heavy atom. The molecule has 0 saturated carbocycles. The first-order chi connectivity index (χ1) is 15.4. The zero-order chi connectivity index (χ0) is 22.8. The van der Waals surface area contributed by atoms with Crippen molar-refractivity contribution in [2.75, 3.05) is 42.5 Å². The van der Waals surface area contributed by atoms with Crippen molar-refractivity contribution in [3.05, 3.63) is 65.4 Å². The quantitative estimate of drug-likeness (QED) is 0.591. The summed E-state index contributed by atoms with van der Waals surface area (Å²) in [5.41, 5.74) is 16.6. The van der Waals surface area contributed by atoms with E-state index >= 15 is 0 Å². The summed E-state index contributed by atoms with van der Waals surface area (Å²) in [6.45, 7) is 0.276. The predicted molar refractivity (Wildman–Crippen MR) is 128 cm³/mol. The van der Waals surface area contributed by atoms with Gasteiger partial charge < -0.3 is 20.9 Å². The van der Waals surface area contributed by atoms with Crippen LogP contribution >= 0.6 is 0 Å². The molecule has 2 heterocycles. The Balaban J connectivity index is 1.78. The van der Waals surface area contributed by atoms with E-state index in [-0.39, 0.29) is 12.6 Å². The highest BCUT2D eigenvalue weighted by Crippen LogP contribution is 2.42. The monoisotopic (exact) mass is 431 g/mol. The Bertz CT molecular complexity index is 1190. The first kappa shape index (κ1) is 21.0. The number of aromatic nitrogens is 1. The van der Waals surface area contributed by atoms with Crippen LogP contribution in [0, 0.1) is 0 Å². The second-order valence-electron chi connectivity index (χ2n) is 7.37. The molecule has 1 aliphatic heterocycles. The third-order valence-electron chi connectivity index (χ3n) is 5.46. The van der Waals surface area contributed by atoms with Gasteiger partial charge in [0.25, 0.3) is 0 Å². The number of nitrogens with two attached hydrogens (primary N) is 2. The molecule has 4 N–H and O–H groups in total. The molecule has 8 heteroatoms. The predicted octanol–water partition coefficient (Wildman–Crippen LogP) is 4.01. The minimum absolute atomic E-state index is 0.250. The van der Waals surface area contributed by atoms with Crippen LogP contribution in [-0.4, -0.2) is 32.3 Å². The molecule has 32 heavy (non-hydrogen) atoms. The van der Waals surface area contributed by atoms with Crippen molar-refractivity contribution in [2.45, 2.75) is 6.54 Å². The van der Waals surface area contributed by atoms with Gasteiger partial charge in [-0.05, 0) is 11.6 Å². The fraction of sp³-hybridized carbons (Fsp3) is 0.167. The summed E-state index contributed by atoms with van der Waals surface area (Å²) in [6, 6.07) is 13.0. The fourth-order valence-electron chi connectivity index (χ4n) is 3.79. The van der Waals surface area contributed by atoms with Crippen LogP contribution in [0.1, 0.15) is 16.7 Å². The van der Waals surface area contributed by atoms with Crippen molar-refractivity contribution in [2.24, 2.45) is 0 Å². The number of benzene rings is 2. The third kappa shape index (κ3) is 3.66. The highest BCUT2D eigenvalue weighted by Gasteiger charge is 2.33. The second kappa shape index (κ2) is 8.50. The smallest absolute Gasteiger partial charge is 0.329 e. The zero-order valence-corrected chi connectivity index (χ0v) is 18.2. The first-order valence-corrected chi connectivity index (χ1v) is 10.0. The molecule has 2 aromatic carbocycles. The molecule has 164 valence electrons. The Kier molecular flexibility index (Phi) is 5.59. The number of amides is 2. The molecule has 3 aromatic rings. The average molecular weight is 431 g/mol. The summed E-state index contributed by atoms with van der Waals surface area (Å²) in [7, 11) is 4.78. The third-order valence-corrected chi connectivity index (χ3v) is 5.46. The highest BCUT2D eigenvalue weighted by atomic mass is 16.5. The lowest BCUT2D eigenvalue weighted by atomic mass is 10.0. The number of carbonyl (C=O) groups is 1. The zero-order valence-electron chi connectivity index (χ0n) is 18.2. The summed E-state index contributed by atoms with van der Waals surface area (Å²) in [4.78, 5) is 20.9. The number of fused-ring (bicyclic) bond motifs is 1. The average Bonchev–Trinajstić information content (AvgIpc) is 2.82. The molecule has 0 fully saturated rings. The van der Waals surface area contributed by atoms with Crippen molar-refractivity contribution in [1.29, 1.82) is 0 Å². The number of hydrogen-bond acceptors (Lipinski definition) is 6. The van der Waals surface area contributed by atoms with E-state index in [2.05, 4.69) is 4.98 Å². The van der Waals surface area contributed by atoms with Gasteiger partial charge in [0.1, 0.15) is 17.3 Å². The molecule has 0 spiro atoms. The normalized spacial score (nSPS) is 13.4. The first-order valence-electron chi connectivity index (χ1n) is 10.0. The summed E-state index contributed by atoms with van der Waals surface area (Å²) < 4.78 is 10.7. The van der Waals surface area contributed by atoms with Crippen LogP contribution in [0.3, 0.4) is 0 Å². The van der Waals surface area contributed by atoms with Gasteiger partial charge in [0.2, 0.25) is 0 Å². The molecule has 4 rings (SSSR count). The minimum Gasteiger partial charge on any atom is -0.497 e. The van der Waals surface area contributed by atoms with Crippen LogP contribution in [0.5, 0.6) is 11.5 Å². The molecular weight excluding hydrogens is 406 g/mol. The van der Waals surface area contributed by atoms with Gasteiger partial charge in [0.05, 0.1) is 37.8 Å². The number of nitrogens with zero attached hydrogens (tertiary/aromatic N) is 3. The molecule has 0 radical (unpaired) electrons. The minimum atomic E-state index is -0.250. The number of rotatable bonds is 5. The topological polar surface area (TPSA) is 107 Å². The van der Waals surface area contributed by atoms with Crippen molar-refractivity contribution in [3.8, 4) is 11.5 Å². The molecule has 0 aliphatic carbocycles. The molecule has 2 amide bonds. The van der Waals surface area contributed by atoms with Crippen LogP contribution in [-0.2, 0) is 6.54 Å². The number of methoxy groups -OCH3 is 2. The van der Waals surface area contributed by atoms with E-state index < -0.39 is 0 Å². The van der Waals surface area contributed by atoms with Crippen LogP contribution in [0.4, 0.5) is 27.7 Å². The standard InChI is InChI=1S/C24H25N5O3/c1-28-22-16(13-27-23(26)18(22)10-9-15-7-5-4-6-8-15)14-29(24(28)30)19-11-17(31-2)12-20(32-3)21(19)25/h4-13H,14,25H2,1-3H3,(H2,26,27)/b10-9+. The van der Waals surface area contributed by atoms with Crippen LogP contribution in [0.25, 0.3) is 12.2 Å². The molecule has 1 aliphatic rings.